The fraction of sp³-hybridized carbons (Fsp3) is 0.600. The third kappa shape index (κ3) is 2.18. The van der Waals surface area contributed by atoms with Gasteiger partial charge in [0.05, 0.1) is 11.7 Å². The molecule has 5 heteroatoms. The molecule has 1 aromatic rings. The second kappa shape index (κ2) is 4.65. The second-order valence-electron chi connectivity index (χ2n) is 5.75. The Bertz CT molecular complexity index is 510. The van der Waals surface area contributed by atoms with Crippen LogP contribution in [0.4, 0.5) is 18.9 Å². The van der Waals surface area contributed by atoms with Crippen LogP contribution in [0.15, 0.2) is 18.2 Å². The van der Waals surface area contributed by atoms with Crippen LogP contribution in [-0.2, 0) is 16.3 Å². The Morgan fingerprint density at radius 3 is 2.90 bits per heavy atom. The molecule has 0 radical (unpaired) electrons. The van der Waals surface area contributed by atoms with Gasteiger partial charge in [-0.25, -0.2) is 0 Å². The first-order valence-electron chi connectivity index (χ1n) is 7.02. The van der Waals surface area contributed by atoms with Gasteiger partial charge in [-0.1, -0.05) is 6.92 Å². The maximum atomic E-state index is 12.9. The SMILES string of the molecule is CCC1CC2(CCO1)CNc1ccc(C(F)(F)F)cc12. The minimum absolute atomic E-state index is 0.144. The Morgan fingerprint density at radius 1 is 1.40 bits per heavy atom. The summed E-state index contributed by atoms with van der Waals surface area (Å²) in [5.74, 6) is 0. The monoisotopic (exact) mass is 285 g/mol. The molecule has 0 amide bonds. The number of rotatable bonds is 1. The summed E-state index contributed by atoms with van der Waals surface area (Å²) < 4.78 is 44.4. The number of nitrogens with one attached hydrogen (secondary N) is 1. The van der Waals surface area contributed by atoms with Crippen molar-refractivity contribution in [2.45, 2.75) is 43.9 Å². The number of fused-ring (bicyclic) bond motifs is 2. The molecule has 1 N–H and O–H groups in total. The van der Waals surface area contributed by atoms with Crippen LogP contribution in [0.3, 0.4) is 0 Å². The molecule has 2 atom stereocenters. The topological polar surface area (TPSA) is 21.3 Å². The molecule has 1 fully saturated rings. The van der Waals surface area contributed by atoms with E-state index in [1.807, 2.05) is 0 Å². The van der Waals surface area contributed by atoms with E-state index in [0.29, 0.717) is 13.2 Å². The maximum Gasteiger partial charge on any atom is 0.416 e. The minimum Gasteiger partial charge on any atom is -0.384 e. The number of ether oxygens (including phenoxy) is 1. The van der Waals surface area contributed by atoms with Crippen molar-refractivity contribution in [3.63, 3.8) is 0 Å². The third-order valence-electron chi connectivity index (χ3n) is 4.54. The number of benzene rings is 1. The Kier molecular flexibility index (Phi) is 3.20. The molecule has 2 unspecified atom stereocenters. The van der Waals surface area contributed by atoms with Crippen molar-refractivity contribution in [3.8, 4) is 0 Å². The van der Waals surface area contributed by atoms with Gasteiger partial charge in [-0.05, 0) is 43.0 Å². The van der Waals surface area contributed by atoms with E-state index in [-0.39, 0.29) is 11.5 Å². The van der Waals surface area contributed by atoms with Gasteiger partial charge in [0.25, 0.3) is 0 Å². The lowest BCUT2D eigenvalue weighted by molar-refractivity contribution is -0.137. The van der Waals surface area contributed by atoms with Gasteiger partial charge in [0, 0.05) is 24.3 Å². The molecule has 2 aliphatic rings. The molecule has 2 nitrogen and oxygen atoms in total. The molecule has 1 aromatic carbocycles. The fourth-order valence-corrected chi connectivity index (χ4v) is 3.36. The summed E-state index contributed by atoms with van der Waals surface area (Å²) in [5, 5.41) is 3.26. The van der Waals surface area contributed by atoms with Gasteiger partial charge in [0.2, 0.25) is 0 Å². The smallest absolute Gasteiger partial charge is 0.384 e. The molecule has 110 valence electrons. The molecular formula is C15H18F3NO. The largest absolute Gasteiger partial charge is 0.416 e. The van der Waals surface area contributed by atoms with Crippen LogP contribution in [0.1, 0.15) is 37.3 Å². The molecular weight excluding hydrogens is 267 g/mol. The summed E-state index contributed by atoms with van der Waals surface area (Å²) >= 11 is 0. The van der Waals surface area contributed by atoms with E-state index in [4.69, 9.17) is 4.74 Å². The van der Waals surface area contributed by atoms with Gasteiger partial charge in [0.15, 0.2) is 0 Å². The Morgan fingerprint density at radius 2 is 2.20 bits per heavy atom. The number of anilines is 1. The molecule has 0 aliphatic carbocycles. The van der Waals surface area contributed by atoms with Gasteiger partial charge >= 0.3 is 6.18 Å². The van der Waals surface area contributed by atoms with Crippen LogP contribution < -0.4 is 5.32 Å². The minimum atomic E-state index is -4.28. The van der Waals surface area contributed by atoms with E-state index in [9.17, 15) is 13.2 Å². The molecule has 2 aliphatic heterocycles. The van der Waals surface area contributed by atoms with Crippen molar-refractivity contribution in [1.29, 1.82) is 0 Å². The molecule has 0 saturated carbocycles. The van der Waals surface area contributed by atoms with Crippen molar-refractivity contribution < 1.29 is 17.9 Å². The standard InChI is InChI=1S/C15H18F3NO/c1-2-11-8-14(5-6-20-11)9-19-13-4-3-10(7-12(13)14)15(16,17)18/h3-4,7,11,19H,2,5-6,8-9H2,1H3. The van der Waals surface area contributed by atoms with Gasteiger partial charge in [-0.2, -0.15) is 13.2 Å². The molecule has 1 spiro atoms. The average molecular weight is 285 g/mol. The van der Waals surface area contributed by atoms with E-state index in [1.54, 1.807) is 6.07 Å². The highest BCUT2D eigenvalue weighted by atomic mass is 19.4. The van der Waals surface area contributed by atoms with Gasteiger partial charge < -0.3 is 10.1 Å². The first-order valence-corrected chi connectivity index (χ1v) is 7.02. The zero-order valence-corrected chi connectivity index (χ0v) is 11.4. The molecule has 0 aromatic heterocycles. The van der Waals surface area contributed by atoms with Gasteiger partial charge in [0.1, 0.15) is 0 Å². The summed E-state index contributed by atoms with van der Waals surface area (Å²) in [7, 11) is 0. The maximum absolute atomic E-state index is 12.9. The van der Waals surface area contributed by atoms with Crippen LogP contribution in [0.5, 0.6) is 0 Å². The van der Waals surface area contributed by atoms with Crippen LogP contribution in [0.2, 0.25) is 0 Å². The predicted octanol–water partition coefficient (Wildman–Crippen LogP) is 3.96. The summed E-state index contributed by atoms with van der Waals surface area (Å²) in [6, 6.07) is 4.04. The van der Waals surface area contributed by atoms with Crippen molar-refractivity contribution in [1.82, 2.24) is 0 Å². The summed E-state index contributed by atoms with van der Waals surface area (Å²) in [6.07, 6.45) is -1.66. The van der Waals surface area contributed by atoms with E-state index >= 15 is 0 Å². The molecule has 20 heavy (non-hydrogen) atoms. The van der Waals surface area contributed by atoms with E-state index in [2.05, 4.69) is 12.2 Å². The second-order valence-corrected chi connectivity index (χ2v) is 5.75. The van der Waals surface area contributed by atoms with Gasteiger partial charge in [-0.3, -0.25) is 0 Å². The summed E-state index contributed by atoms with van der Waals surface area (Å²) in [6.45, 7) is 3.39. The number of hydrogen-bond donors (Lipinski definition) is 1. The predicted molar refractivity (Wildman–Crippen MR) is 70.9 cm³/mol. The highest BCUT2D eigenvalue weighted by Gasteiger charge is 2.44. The lowest BCUT2D eigenvalue weighted by atomic mass is 9.73. The van der Waals surface area contributed by atoms with Crippen LogP contribution >= 0.6 is 0 Å². The van der Waals surface area contributed by atoms with Crippen molar-refractivity contribution in [3.05, 3.63) is 29.3 Å². The van der Waals surface area contributed by atoms with E-state index in [0.717, 1.165) is 36.6 Å². The summed E-state index contributed by atoms with van der Waals surface area (Å²) in [4.78, 5) is 0. The molecule has 3 rings (SSSR count). The lowest BCUT2D eigenvalue weighted by Gasteiger charge is -2.38. The third-order valence-corrected chi connectivity index (χ3v) is 4.54. The fourth-order valence-electron chi connectivity index (χ4n) is 3.36. The average Bonchev–Trinajstić information content (AvgIpc) is 2.76. The van der Waals surface area contributed by atoms with E-state index < -0.39 is 11.7 Å². The quantitative estimate of drug-likeness (QED) is 0.843. The van der Waals surface area contributed by atoms with Crippen LogP contribution in [0.25, 0.3) is 0 Å². The summed E-state index contributed by atoms with van der Waals surface area (Å²) in [5.41, 5.74) is 0.901. The Labute approximate surface area is 116 Å². The normalized spacial score (nSPS) is 29.3. The lowest BCUT2D eigenvalue weighted by Crippen LogP contribution is -2.40. The molecule has 2 heterocycles. The zero-order valence-electron chi connectivity index (χ0n) is 11.4. The number of alkyl halides is 3. The van der Waals surface area contributed by atoms with E-state index in [1.165, 1.54) is 6.07 Å². The zero-order chi connectivity index (χ0) is 14.4. The Balaban J connectivity index is 1.99. The highest BCUT2D eigenvalue weighted by molar-refractivity contribution is 5.62. The van der Waals surface area contributed by atoms with Crippen molar-refractivity contribution in [2.75, 3.05) is 18.5 Å². The molecule has 0 bridgehead atoms. The highest BCUT2D eigenvalue weighted by Crippen LogP contribution is 2.47. The first-order chi connectivity index (χ1) is 9.44. The first kappa shape index (κ1) is 13.7. The molecule has 1 saturated heterocycles. The Hall–Kier alpha value is -1.23. The van der Waals surface area contributed by atoms with Crippen molar-refractivity contribution >= 4 is 5.69 Å². The number of halogens is 3. The van der Waals surface area contributed by atoms with Gasteiger partial charge in [-0.15, -0.1) is 0 Å². The van der Waals surface area contributed by atoms with Crippen LogP contribution in [-0.4, -0.2) is 19.3 Å². The van der Waals surface area contributed by atoms with Crippen molar-refractivity contribution in [2.24, 2.45) is 0 Å². The number of hydrogen-bond acceptors (Lipinski definition) is 2. The van der Waals surface area contributed by atoms with Crippen LogP contribution in [0, 0.1) is 0 Å².